The summed E-state index contributed by atoms with van der Waals surface area (Å²) in [7, 11) is 1.27. The molecule has 152 valence electrons. The lowest BCUT2D eigenvalue weighted by molar-refractivity contribution is 0.177. The fourth-order valence-electron chi connectivity index (χ4n) is 3.28. The lowest BCUT2D eigenvalue weighted by Gasteiger charge is -2.08. The molecule has 3 aromatic carbocycles. The molecule has 2 aromatic heterocycles. The Bertz CT molecular complexity index is 1390. The molecule has 0 saturated heterocycles. The van der Waals surface area contributed by atoms with Gasteiger partial charge in [-0.15, -0.1) is 0 Å². The van der Waals surface area contributed by atoms with Crippen molar-refractivity contribution >= 4 is 62.2 Å². The molecule has 9 heteroatoms. The van der Waals surface area contributed by atoms with E-state index in [-0.39, 0.29) is 5.11 Å². The van der Waals surface area contributed by atoms with Crippen LogP contribution in [0.25, 0.3) is 44.5 Å². The molecule has 0 unspecified atom stereocenters. The third kappa shape index (κ3) is 3.74. The Morgan fingerprint density at radius 3 is 2.42 bits per heavy atom. The number of imidazole rings is 1. The van der Waals surface area contributed by atoms with Gasteiger partial charge in [-0.05, 0) is 60.7 Å². The number of H-pyrrole nitrogens is 1. The first-order valence-corrected chi connectivity index (χ1v) is 9.82. The van der Waals surface area contributed by atoms with Crippen LogP contribution in [0, 0.1) is 0 Å². The number of nitrogens with zero attached hydrogens (tertiary/aromatic N) is 3. The number of hydrogen-bond donors (Lipinski definition) is 3. The Balaban J connectivity index is 1.44. The fraction of sp³-hybridized carbons (Fsp3) is 0.0455. The molecule has 0 aliphatic heterocycles. The van der Waals surface area contributed by atoms with Crippen molar-refractivity contribution in [3.63, 3.8) is 0 Å². The topological polar surface area (TPSA) is 105 Å². The van der Waals surface area contributed by atoms with Gasteiger partial charge in [0.1, 0.15) is 0 Å². The number of rotatable bonds is 2. The van der Waals surface area contributed by atoms with E-state index in [1.54, 1.807) is 0 Å². The monoisotopic (exact) mass is 428 g/mol. The Kier molecular flexibility index (Phi) is 4.64. The summed E-state index contributed by atoms with van der Waals surface area (Å²) in [5.41, 5.74) is 6.77. The number of aromatic amines is 1. The van der Waals surface area contributed by atoms with Gasteiger partial charge in [-0.2, -0.15) is 0 Å². The number of anilines is 1. The number of fused-ring (bicyclic) bond motifs is 3. The van der Waals surface area contributed by atoms with Gasteiger partial charge in [0.15, 0.2) is 10.9 Å². The zero-order chi connectivity index (χ0) is 21.4. The maximum Gasteiger partial charge on any atom is 0.413 e. The first-order valence-electron chi connectivity index (χ1n) is 9.42. The number of aromatic nitrogens is 4. The van der Waals surface area contributed by atoms with Gasteiger partial charge in [-0.1, -0.05) is 12.1 Å². The van der Waals surface area contributed by atoms with Crippen LogP contribution in [0.15, 0.2) is 60.7 Å². The first-order chi connectivity index (χ1) is 15.1. The summed E-state index contributed by atoms with van der Waals surface area (Å²) < 4.78 is 4.51. The van der Waals surface area contributed by atoms with Crippen molar-refractivity contribution < 1.29 is 9.53 Å². The van der Waals surface area contributed by atoms with Crippen molar-refractivity contribution in [1.82, 2.24) is 25.3 Å². The summed E-state index contributed by atoms with van der Waals surface area (Å²) >= 11 is 5.06. The van der Waals surface area contributed by atoms with E-state index in [0.717, 1.165) is 44.4 Å². The number of ether oxygens (including phenoxy) is 1. The van der Waals surface area contributed by atoms with E-state index in [1.807, 2.05) is 60.7 Å². The second-order valence-electron chi connectivity index (χ2n) is 6.81. The van der Waals surface area contributed by atoms with E-state index < -0.39 is 6.09 Å². The number of alkyl carbamates (subject to hydrolysis) is 1. The highest BCUT2D eigenvalue weighted by Gasteiger charge is 2.10. The van der Waals surface area contributed by atoms with Crippen molar-refractivity contribution in [2.24, 2.45) is 0 Å². The summed E-state index contributed by atoms with van der Waals surface area (Å²) in [5, 5.41) is 5.46. The van der Waals surface area contributed by atoms with Crippen LogP contribution in [0.3, 0.4) is 0 Å². The lowest BCUT2D eigenvalue weighted by Crippen LogP contribution is -2.33. The molecule has 0 saturated carbocycles. The van der Waals surface area contributed by atoms with Gasteiger partial charge >= 0.3 is 6.09 Å². The van der Waals surface area contributed by atoms with Crippen LogP contribution in [0.2, 0.25) is 0 Å². The summed E-state index contributed by atoms with van der Waals surface area (Å²) in [6.07, 6.45) is -0.627. The standard InChI is InChI=1S/C22H16N6O2S/c1-30-22(29)28-21(31)23-13-8-6-12(7-9-13)20-26-18-10-16-17(11-19(18)27-20)25-15-5-3-2-4-14(15)24-16/h2-11,24H,1H3,(H2,23,28,29,31). The van der Waals surface area contributed by atoms with Crippen molar-refractivity contribution in [1.29, 1.82) is 0 Å². The highest BCUT2D eigenvalue weighted by Crippen LogP contribution is 2.25. The highest BCUT2D eigenvalue weighted by atomic mass is 32.1. The first kappa shape index (κ1) is 18.9. The molecule has 5 aromatic rings. The van der Waals surface area contributed by atoms with Crippen molar-refractivity contribution in [3.05, 3.63) is 60.7 Å². The molecule has 0 spiro atoms. The van der Waals surface area contributed by atoms with Crippen LogP contribution in [-0.4, -0.2) is 38.3 Å². The van der Waals surface area contributed by atoms with Crippen LogP contribution in [0.1, 0.15) is 0 Å². The van der Waals surface area contributed by atoms with E-state index in [9.17, 15) is 4.79 Å². The number of methoxy groups -OCH3 is 1. The highest BCUT2D eigenvalue weighted by molar-refractivity contribution is 7.80. The van der Waals surface area contributed by atoms with Gasteiger partial charge < -0.3 is 15.0 Å². The van der Waals surface area contributed by atoms with Crippen LogP contribution >= 0.6 is 12.2 Å². The number of thiocarbonyl (C=S) groups is 1. The Morgan fingerprint density at radius 2 is 1.65 bits per heavy atom. The smallest absolute Gasteiger partial charge is 0.413 e. The summed E-state index contributed by atoms with van der Waals surface area (Å²) in [5.74, 6) is 0.622. The molecule has 5 rings (SSSR count). The zero-order valence-electron chi connectivity index (χ0n) is 16.3. The molecule has 31 heavy (non-hydrogen) atoms. The number of para-hydroxylation sites is 2. The van der Waals surface area contributed by atoms with Gasteiger partial charge in [-0.3, -0.25) is 5.32 Å². The lowest BCUT2D eigenvalue weighted by atomic mass is 10.2. The van der Waals surface area contributed by atoms with E-state index in [2.05, 4.69) is 30.3 Å². The second-order valence-corrected chi connectivity index (χ2v) is 7.22. The number of amides is 1. The van der Waals surface area contributed by atoms with Crippen molar-refractivity contribution in [3.8, 4) is 11.4 Å². The van der Waals surface area contributed by atoms with Gasteiger partial charge in [0, 0.05) is 11.3 Å². The number of benzene rings is 3. The number of nitrogens with one attached hydrogen (secondary N) is 3. The minimum absolute atomic E-state index is 0.151. The maximum atomic E-state index is 11.2. The SMILES string of the molecule is COC(=O)NC(=S)Nc1ccc(-c2nc3cc4nc5ccccc5[nH]c4cc3n2)cc1. The Labute approximate surface area is 181 Å². The molecule has 0 aliphatic carbocycles. The number of carbonyl (C=O) groups is 1. The normalized spacial score (nSPS) is 11.0. The Morgan fingerprint density at radius 1 is 0.903 bits per heavy atom. The molecule has 8 nitrogen and oxygen atoms in total. The van der Waals surface area contributed by atoms with E-state index in [1.165, 1.54) is 7.11 Å². The summed E-state index contributed by atoms with van der Waals surface area (Å²) in [6.45, 7) is 0. The molecule has 0 aliphatic rings. The molecule has 3 N–H and O–H groups in total. The predicted molar refractivity (Wildman–Crippen MR) is 124 cm³/mol. The largest absolute Gasteiger partial charge is 0.453 e. The van der Waals surface area contributed by atoms with E-state index in [4.69, 9.17) is 17.2 Å². The van der Waals surface area contributed by atoms with Crippen molar-refractivity contribution in [2.75, 3.05) is 12.4 Å². The summed E-state index contributed by atoms with van der Waals surface area (Å²) in [4.78, 5) is 28.7. The zero-order valence-corrected chi connectivity index (χ0v) is 17.2. The fourth-order valence-corrected chi connectivity index (χ4v) is 3.48. The maximum absolute atomic E-state index is 11.2. The number of carbonyl (C=O) groups excluding carboxylic acids is 1. The molecule has 1 amide bonds. The average molecular weight is 428 g/mol. The molecule has 0 radical (unpaired) electrons. The average Bonchev–Trinajstić information content (AvgIpc) is 3.19. The van der Waals surface area contributed by atoms with Crippen molar-refractivity contribution in [2.45, 2.75) is 0 Å². The predicted octanol–water partition coefficient (Wildman–Crippen LogP) is 4.38. The molecule has 2 heterocycles. The minimum atomic E-state index is -0.627. The van der Waals surface area contributed by atoms with Gasteiger partial charge in [0.2, 0.25) is 0 Å². The third-order valence-electron chi connectivity index (χ3n) is 4.76. The minimum Gasteiger partial charge on any atom is -0.453 e. The van der Waals surface area contributed by atoms with Crippen LogP contribution in [-0.2, 0) is 4.74 Å². The molecular weight excluding hydrogens is 412 g/mol. The quantitative estimate of drug-likeness (QED) is 0.283. The molecular formula is C22H16N6O2S. The third-order valence-corrected chi connectivity index (χ3v) is 4.97. The van der Waals surface area contributed by atoms with Gasteiger partial charge in [-0.25, -0.2) is 19.7 Å². The molecule has 0 bridgehead atoms. The van der Waals surface area contributed by atoms with Crippen LogP contribution < -0.4 is 10.6 Å². The van der Waals surface area contributed by atoms with Crippen LogP contribution in [0.4, 0.5) is 10.5 Å². The molecule has 0 atom stereocenters. The summed E-state index contributed by atoms with van der Waals surface area (Å²) in [6, 6.07) is 19.2. The Hall–Kier alpha value is -4.11. The van der Waals surface area contributed by atoms with Crippen LogP contribution in [0.5, 0.6) is 0 Å². The number of hydrogen-bond acceptors (Lipinski definition) is 6. The van der Waals surface area contributed by atoms with Gasteiger partial charge in [0.05, 0.1) is 40.2 Å². The molecule has 0 fully saturated rings. The van der Waals surface area contributed by atoms with Gasteiger partial charge in [0.25, 0.3) is 0 Å². The van der Waals surface area contributed by atoms with E-state index >= 15 is 0 Å². The second kappa shape index (κ2) is 7.62. The van der Waals surface area contributed by atoms with E-state index in [0.29, 0.717) is 5.82 Å².